The van der Waals surface area contributed by atoms with Crippen LogP contribution in [0.4, 0.5) is 5.13 Å². The number of nitrogens with two attached hydrogens (primary N) is 1. The van der Waals surface area contributed by atoms with Crippen molar-refractivity contribution in [3.63, 3.8) is 0 Å². The maximum Gasteiger partial charge on any atom is 0.230 e. The van der Waals surface area contributed by atoms with Gasteiger partial charge in [-0.05, 0) is 41.5 Å². The van der Waals surface area contributed by atoms with Crippen LogP contribution in [-0.2, 0) is 16.0 Å². The van der Waals surface area contributed by atoms with Gasteiger partial charge < -0.3 is 20.5 Å². The Balaban J connectivity index is 1.31. The molecule has 0 saturated heterocycles. The molecule has 1 unspecified atom stereocenters. The van der Waals surface area contributed by atoms with E-state index in [1.807, 2.05) is 48.5 Å². The molecule has 0 saturated carbocycles. The highest BCUT2D eigenvalue weighted by atomic mass is 32.2. The van der Waals surface area contributed by atoms with E-state index in [0.717, 1.165) is 16.8 Å². The Bertz CT molecular complexity index is 1680. The van der Waals surface area contributed by atoms with E-state index in [0.29, 0.717) is 57.9 Å². The van der Waals surface area contributed by atoms with E-state index in [1.165, 1.54) is 23.1 Å². The van der Waals surface area contributed by atoms with Crippen LogP contribution in [0.25, 0.3) is 0 Å². The third-order valence-corrected chi connectivity index (χ3v) is 9.65. The topological polar surface area (TPSA) is 143 Å². The molecule has 0 spiro atoms. The first kappa shape index (κ1) is 31.1. The SMILES string of the molecule is COc1ccc(CCNC(=O)CSc2nnc(N3C(N)=C(C#N)C(c4ccccc4)C4=C3CC(C)(C)CC4=O)s2)cc1OC. The number of nitrogens with one attached hydrogen (secondary N) is 1. The molecule has 2 heterocycles. The van der Waals surface area contributed by atoms with Crippen LogP contribution >= 0.6 is 23.1 Å². The van der Waals surface area contributed by atoms with E-state index in [9.17, 15) is 14.9 Å². The van der Waals surface area contributed by atoms with E-state index >= 15 is 0 Å². The number of thioether (sulfide) groups is 1. The molecule has 2 aliphatic rings. The summed E-state index contributed by atoms with van der Waals surface area (Å²) in [6, 6.07) is 17.5. The van der Waals surface area contributed by atoms with Crippen LogP contribution in [0.2, 0.25) is 0 Å². The van der Waals surface area contributed by atoms with Gasteiger partial charge in [0.25, 0.3) is 0 Å². The summed E-state index contributed by atoms with van der Waals surface area (Å²) in [5, 5.41) is 22.3. The molecule has 1 amide bonds. The number of carbonyl (C=O) groups excluding carboxylic acids is 2. The average molecular weight is 631 g/mol. The first-order valence-electron chi connectivity index (χ1n) is 14.1. The van der Waals surface area contributed by atoms with Crippen LogP contribution in [0, 0.1) is 16.7 Å². The van der Waals surface area contributed by atoms with Gasteiger partial charge in [-0.3, -0.25) is 14.5 Å². The van der Waals surface area contributed by atoms with Crippen LogP contribution in [-0.4, -0.2) is 48.4 Å². The monoisotopic (exact) mass is 630 g/mol. The predicted molar refractivity (Wildman–Crippen MR) is 170 cm³/mol. The summed E-state index contributed by atoms with van der Waals surface area (Å²) in [6.45, 7) is 4.57. The summed E-state index contributed by atoms with van der Waals surface area (Å²) in [6.07, 6.45) is 1.60. The molecule has 228 valence electrons. The zero-order valence-electron chi connectivity index (χ0n) is 25.0. The molecular weight excluding hydrogens is 597 g/mol. The largest absolute Gasteiger partial charge is 0.493 e. The van der Waals surface area contributed by atoms with Crippen LogP contribution in [0.3, 0.4) is 0 Å². The Kier molecular flexibility index (Phi) is 9.27. The number of hydrogen-bond acceptors (Lipinski definition) is 11. The zero-order valence-corrected chi connectivity index (χ0v) is 26.7. The fraction of sp³-hybridized carbons (Fsp3) is 0.344. The number of hydrogen-bond donors (Lipinski definition) is 2. The molecule has 2 aromatic carbocycles. The number of methoxy groups -OCH3 is 2. The minimum absolute atomic E-state index is 0.000720. The highest BCUT2D eigenvalue weighted by Gasteiger charge is 2.45. The third-order valence-electron chi connectivity index (χ3n) is 7.61. The maximum atomic E-state index is 13.6. The smallest absolute Gasteiger partial charge is 0.230 e. The lowest BCUT2D eigenvalue weighted by atomic mass is 9.69. The van der Waals surface area contributed by atoms with E-state index in [1.54, 1.807) is 19.1 Å². The fourth-order valence-electron chi connectivity index (χ4n) is 5.62. The summed E-state index contributed by atoms with van der Waals surface area (Å²) in [4.78, 5) is 28.0. The number of rotatable bonds is 10. The summed E-state index contributed by atoms with van der Waals surface area (Å²) >= 11 is 2.54. The molecule has 1 aromatic heterocycles. The predicted octanol–water partition coefficient (Wildman–Crippen LogP) is 4.95. The molecule has 3 aromatic rings. The minimum Gasteiger partial charge on any atom is -0.493 e. The molecule has 0 radical (unpaired) electrons. The molecule has 1 aliphatic heterocycles. The maximum absolute atomic E-state index is 13.6. The van der Waals surface area contributed by atoms with Crippen molar-refractivity contribution in [2.75, 3.05) is 31.4 Å². The summed E-state index contributed by atoms with van der Waals surface area (Å²) in [5.41, 5.74) is 9.90. The molecule has 44 heavy (non-hydrogen) atoms. The quantitative estimate of drug-likeness (QED) is 0.296. The van der Waals surface area contributed by atoms with Gasteiger partial charge in [0.1, 0.15) is 5.82 Å². The number of nitriles is 1. The van der Waals surface area contributed by atoms with Crippen molar-refractivity contribution in [3.8, 4) is 17.6 Å². The van der Waals surface area contributed by atoms with Crippen molar-refractivity contribution in [2.45, 2.75) is 43.4 Å². The van der Waals surface area contributed by atoms with Gasteiger partial charge in [-0.25, -0.2) is 0 Å². The zero-order chi connectivity index (χ0) is 31.4. The van der Waals surface area contributed by atoms with Gasteiger partial charge >= 0.3 is 0 Å². The lowest BCUT2D eigenvalue weighted by Crippen LogP contribution is -2.42. The minimum atomic E-state index is -0.541. The highest BCUT2D eigenvalue weighted by molar-refractivity contribution is 8.01. The molecule has 1 aliphatic carbocycles. The van der Waals surface area contributed by atoms with Crippen LogP contribution in [0.5, 0.6) is 11.5 Å². The standard InChI is InChI=1S/C32H34N6O4S2/c1-32(2)15-22-28(23(39)16-32)27(20-8-6-5-7-9-20)21(17-33)29(34)38(22)30-36-37-31(44-30)43-18-26(40)35-13-12-19-10-11-24(41-3)25(14-19)42-4/h5-11,14,27H,12-13,15-16,18,34H2,1-4H3,(H,35,40). The van der Waals surface area contributed by atoms with Crippen LogP contribution in [0.1, 0.15) is 43.7 Å². The molecule has 1 atom stereocenters. The molecule has 0 fully saturated rings. The molecule has 5 rings (SSSR count). The lowest BCUT2D eigenvalue weighted by molar-refractivity contribution is -0.119. The van der Waals surface area contributed by atoms with Crippen molar-refractivity contribution < 1.29 is 19.1 Å². The lowest BCUT2D eigenvalue weighted by Gasteiger charge is -2.42. The van der Waals surface area contributed by atoms with Gasteiger partial charge in [0.05, 0.1) is 37.5 Å². The molecule has 0 bridgehead atoms. The number of carbonyl (C=O) groups is 2. The van der Waals surface area contributed by atoms with E-state index in [-0.39, 0.29) is 28.7 Å². The van der Waals surface area contributed by atoms with Crippen molar-refractivity contribution in [2.24, 2.45) is 11.1 Å². The van der Waals surface area contributed by atoms with E-state index in [2.05, 4.69) is 35.4 Å². The number of ketones is 1. The van der Waals surface area contributed by atoms with Crippen molar-refractivity contribution >= 4 is 39.9 Å². The van der Waals surface area contributed by atoms with Crippen LogP contribution in [0.15, 0.2) is 75.5 Å². The van der Waals surface area contributed by atoms with Gasteiger partial charge in [-0.15, -0.1) is 10.2 Å². The second kappa shape index (κ2) is 13.1. The Hall–Kier alpha value is -4.34. The number of aromatic nitrogens is 2. The average Bonchev–Trinajstić information content (AvgIpc) is 3.47. The first-order chi connectivity index (χ1) is 21.2. The molecule has 3 N–H and O–H groups in total. The Morgan fingerprint density at radius 3 is 2.61 bits per heavy atom. The fourth-order valence-corrected chi connectivity index (χ4v) is 7.33. The normalized spacial score (nSPS) is 17.7. The Labute approximate surface area is 264 Å². The third kappa shape index (κ3) is 6.44. The van der Waals surface area contributed by atoms with Gasteiger partial charge in [0.15, 0.2) is 21.6 Å². The number of nitrogens with zero attached hydrogens (tertiary/aromatic N) is 4. The van der Waals surface area contributed by atoms with E-state index in [4.69, 9.17) is 15.2 Å². The Morgan fingerprint density at radius 1 is 1.16 bits per heavy atom. The molecule has 10 nitrogen and oxygen atoms in total. The second-order valence-electron chi connectivity index (χ2n) is 11.3. The number of amides is 1. The van der Waals surface area contributed by atoms with Gasteiger partial charge in [-0.1, -0.05) is 73.3 Å². The highest BCUT2D eigenvalue weighted by Crippen LogP contribution is 2.50. The molecular formula is C32H34N6O4S2. The number of allylic oxidation sites excluding steroid dienone is 3. The number of anilines is 1. The Morgan fingerprint density at radius 2 is 1.91 bits per heavy atom. The summed E-state index contributed by atoms with van der Waals surface area (Å²) in [5.74, 6) is 1.02. The van der Waals surface area contributed by atoms with Crippen molar-refractivity contribution in [1.82, 2.24) is 15.5 Å². The number of ether oxygens (including phenoxy) is 2. The summed E-state index contributed by atoms with van der Waals surface area (Å²) < 4.78 is 11.2. The van der Waals surface area contributed by atoms with Crippen LogP contribution < -0.4 is 25.4 Å². The van der Waals surface area contributed by atoms with Crippen molar-refractivity contribution in [3.05, 3.63) is 82.3 Å². The summed E-state index contributed by atoms with van der Waals surface area (Å²) in [7, 11) is 3.18. The van der Waals surface area contributed by atoms with Gasteiger partial charge in [0, 0.05) is 24.2 Å². The second-order valence-corrected chi connectivity index (χ2v) is 13.5. The van der Waals surface area contributed by atoms with Crippen molar-refractivity contribution in [1.29, 1.82) is 5.26 Å². The van der Waals surface area contributed by atoms with Gasteiger partial charge in [-0.2, -0.15) is 5.26 Å². The van der Waals surface area contributed by atoms with Gasteiger partial charge in [0.2, 0.25) is 11.0 Å². The van der Waals surface area contributed by atoms with E-state index < -0.39 is 5.92 Å². The molecule has 12 heteroatoms. The number of benzene rings is 2. The first-order valence-corrected chi connectivity index (χ1v) is 15.9. The number of Topliss-reactive ketones (excluding diaryl/α,β-unsaturated/α-hetero) is 1.